The van der Waals surface area contributed by atoms with Gasteiger partial charge in [0.1, 0.15) is 0 Å². The van der Waals surface area contributed by atoms with E-state index in [0.717, 1.165) is 34.5 Å². The van der Waals surface area contributed by atoms with Gasteiger partial charge in [-0.3, -0.25) is 0 Å². The third-order valence-electron chi connectivity index (χ3n) is 3.68. The molecule has 1 N–H and O–H groups in total. The zero-order chi connectivity index (χ0) is 17.9. The number of alkyl halides is 3. The minimum Gasteiger partial charge on any atom is -0.348 e. The molecule has 128 valence electrons. The Hall–Kier alpha value is -2.08. The predicted molar refractivity (Wildman–Crippen MR) is 95.0 cm³/mol. The SMILES string of the molecule is Cc1ccc(C)c(NC(=S)N(C)Cc2ccc(C(F)(F)F)cc2)c1. The molecule has 2 nitrogen and oxygen atoms in total. The topological polar surface area (TPSA) is 15.3 Å². The van der Waals surface area contributed by atoms with Gasteiger partial charge in [-0.1, -0.05) is 24.3 Å². The van der Waals surface area contributed by atoms with Gasteiger partial charge in [0.05, 0.1) is 5.56 Å². The van der Waals surface area contributed by atoms with E-state index in [4.69, 9.17) is 12.2 Å². The summed E-state index contributed by atoms with van der Waals surface area (Å²) in [6, 6.07) is 11.2. The minimum absolute atomic E-state index is 0.425. The molecule has 0 saturated heterocycles. The Balaban J connectivity index is 2.02. The van der Waals surface area contributed by atoms with Gasteiger partial charge in [0, 0.05) is 19.3 Å². The number of benzene rings is 2. The third kappa shape index (κ3) is 4.71. The number of nitrogens with one attached hydrogen (secondary N) is 1. The fraction of sp³-hybridized carbons (Fsp3) is 0.278. The van der Waals surface area contributed by atoms with Crippen LogP contribution in [-0.2, 0) is 12.7 Å². The van der Waals surface area contributed by atoms with Crippen LogP contribution in [0.1, 0.15) is 22.3 Å². The van der Waals surface area contributed by atoms with E-state index < -0.39 is 11.7 Å². The van der Waals surface area contributed by atoms with Crippen LogP contribution < -0.4 is 5.32 Å². The number of anilines is 1. The van der Waals surface area contributed by atoms with E-state index in [-0.39, 0.29) is 0 Å². The predicted octanol–water partition coefficient (Wildman–Crippen LogP) is 5.15. The molecule has 0 heterocycles. The Morgan fingerprint density at radius 2 is 1.71 bits per heavy atom. The molecule has 0 radical (unpaired) electrons. The van der Waals surface area contributed by atoms with Crippen molar-refractivity contribution in [2.45, 2.75) is 26.6 Å². The zero-order valence-electron chi connectivity index (χ0n) is 13.7. The minimum atomic E-state index is -4.32. The number of rotatable bonds is 3. The van der Waals surface area contributed by atoms with Crippen LogP contribution >= 0.6 is 12.2 Å². The Labute approximate surface area is 145 Å². The molecular formula is C18H19F3N2S. The molecule has 0 aliphatic carbocycles. The van der Waals surface area contributed by atoms with Crippen molar-refractivity contribution in [3.8, 4) is 0 Å². The molecule has 0 saturated carbocycles. The fourth-order valence-corrected chi connectivity index (χ4v) is 2.40. The van der Waals surface area contributed by atoms with Gasteiger partial charge in [0.25, 0.3) is 0 Å². The summed E-state index contributed by atoms with van der Waals surface area (Å²) in [6.07, 6.45) is -4.32. The number of halogens is 3. The molecule has 0 aliphatic rings. The second-order valence-corrected chi connectivity index (χ2v) is 6.19. The average molecular weight is 352 g/mol. The first-order chi connectivity index (χ1) is 11.2. The summed E-state index contributed by atoms with van der Waals surface area (Å²) < 4.78 is 37.7. The van der Waals surface area contributed by atoms with Crippen LogP contribution in [0.5, 0.6) is 0 Å². The van der Waals surface area contributed by atoms with Gasteiger partial charge in [-0.2, -0.15) is 13.2 Å². The molecule has 2 rings (SSSR count). The molecule has 0 fully saturated rings. The van der Waals surface area contributed by atoms with Crippen LogP contribution in [-0.4, -0.2) is 17.1 Å². The van der Waals surface area contributed by atoms with E-state index in [0.29, 0.717) is 11.7 Å². The highest BCUT2D eigenvalue weighted by Gasteiger charge is 2.29. The summed E-state index contributed by atoms with van der Waals surface area (Å²) >= 11 is 5.38. The Morgan fingerprint density at radius 1 is 1.08 bits per heavy atom. The number of nitrogens with zero attached hydrogens (tertiary/aromatic N) is 1. The second kappa shape index (κ2) is 7.21. The first-order valence-corrected chi connectivity index (χ1v) is 7.83. The average Bonchev–Trinajstić information content (AvgIpc) is 2.50. The van der Waals surface area contributed by atoms with Gasteiger partial charge in [-0.25, -0.2) is 0 Å². The second-order valence-electron chi connectivity index (χ2n) is 5.80. The van der Waals surface area contributed by atoms with Crippen LogP contribution in [0.25, 0.3) is 0 Å². The molecule has 0 spiro atoms. The number of thiocarbonyl (C=S) groups is 1. The number of aryl methyl sites for hydroxylation is 2. The molecular weight excluding hydrogens is 333 g/mol. The number of hydrogen-bond donors (Lipinski definition) is 1. The zero-order valence-corrected chi connectivity index (χ0v) is 14.6. The lowest BCUT2D eigenvalue weighted by atomic mass is 10.1. The molecule has 0 aromatic heterocycles. The monoisotopic (exact) mass is 352 g/mol. The summed E-state index contributed by atoms with van der Waals surface area (Å²) in [4.78, 5) is 1.79. The maximum absolute atomic E-state index is 12.6. The van der Waals surface area contributed by atoms with Crippen molar-refractivity contribution < 1.29 is 13.2 Å². The van der Waals surface area contributed by atoms with E-state index in [2.05, 4.69) is 5.32 Å². The lowest BCUT2D eigenvalue weighted by Crippen LogP contribution is -2.30. The highest BCUT2D eigenvalue weighted by atomic mass is 32.1. The van der Waals surface area contributed by atoms with Gasteiger partial charge in [-0.15, -0.1) is 0 Å². The summed E-state index contributed by atoms with van der Waals surface area (Å²) in [5.41, 5.74) is 3.24. The lowest BCUT2D eigenvalue weighted by molar-refractivity contribution is -0.137. The maximum atomic E-state index is 12.6. The molecule has 0 amide bonds. The fourth-order valence-electron chi connectivity index (χ4n) is 2.23. The van der Waals surface area contributed by atoms with Crippen LogP contribution in [0.2, 0.25) is 0 Å². The lowest BCUT2D eigenvalue weighted by Gasteiger charge is -2.22. The molecule has 0 bridgehead atoms. The summed E-state index contributed by atoms with van der Waals surface area (Å²) in [5.74, 6) is 0. The molecule has 2 aromatic rings. The van der Waals surface area contributed by atoms with Gasteiger partial charge in [0.15, 0.2) is 5.11 Å². The van der Waals surface area contributed by atoms with E-state index >= 15 is 0 Å². The van der Waals surface area contributed by atoms with E-state index in [1.54, 1.807) is 11.9 Å². The van der Waals surface area contributed by atoms with Crippen LogP contribution in [0.15, 0.2) is 42.5 Å². The quantitative estimate of drug-likeness (QED) is 0.769. The van der Waals surface area contributed by atoms with Crippen molar-refractivity contribution in [3.63, 3.8) is 0 Å². The molecule has 0 aliphatic heterocycles. The van der Waals surface area contributed by atoms with Crippen molar-refractivity contribution in [2.75, 3.05) is 12.4 Å². The van der Waals surface area contributed by atoms with E-state index in [9.17, 15) is 13.2 Å². The highest BCUT2D eigenvalue weighted by molar-refractivity contribution is 7.80. The van der Waals surface area contributed by atoms with Gasteiger partial charge < -0.3 is 10.2 Å². The molecule has 0 atom stereocenters. The first-order valence-electron chi connectivity index (χ1n) is 7.42. The standard InChI is InChI=1S/C18H19F3N2S/c1-12-4-5-13(2)16(10-12)22-17(24)23(3)11-14-6-8-15(9-7-14)18(19,20)21/h4-10H,11H2,1-3H3,(H,22,24). The third-order valence-corrected chi connectivity index (χ3v) is 4.10. The Kier molecular flexibility index (Phi) is 5.49. The summed E-state index contributed by atoms with van der Waals surface area (Å²) in [7, 11) is 1.80. The van der Waals surface area contributed by atoms with Crippen molar-refractivity contribution in [1.29, 1.82) is 0 Å². The summed E-state index contributed by atoms with van der Waals surface area (Å²) in [5, 5.41) is 3.70. The molecule has 6 heteroatoms. The molecule has 24 heavy (non-hydrogen) atoms. The van der Waals surface area contributed by atoms with E-state index in [1.807, 2.05) is 32.0 Å². The van der Waals surface area contributed by atoms with Gasteiger partial charge in [-0.05, 0) is 61.0 Å². The smallest absolute Gasteiger partial charge is 0.348 e. The van der Waals surface area contributed by atoms with Gasteiger partial charge >= 0.3 is 6.18 Å². The first kappa shape index (κ1) is 18.3. The molecule has 0 unspecified atom stereocenters. The highest BCUT2D eigenvalue weighted by Crippen LogP contribution is 2.29. The van der Waals surface area contributed by atoms with Crippen LogP contribution in [0.3, 0.4) is 0 Å². The van der Waals surface area contributed by atoms with E-state index in [1.165, 1.54) is 12.1 Å². The number of hydrogen-bond acceptors (Lipinski definition) is 1. The normalized spacial score (nSPS) is 11.2. The Morgan fingerprint density at radius 3 is 2.29 bits per heavy atom. The van der Waals surface area contributed by atoms with Crippen molar-refractivity contribution >= 4 is 23.0 Å². The molecule has 2 aromatic carbocycles. The van der Waals surface area contributed by atoms with Crippen LogP contribution in [0, 0.1) is 13.8 Å². The van der Waals surface area contributed by atoms with Crippen LogP contribution in [0.4, 0.5) is 18.9 Å². The largest absolute Gasteiger partial charge is 0.416 e. The van der Waals surface area contributed by atoms with Gasteiger partial charge in [0.2, 0.25) is 0 Å². The van der Waals surface area contributed by atoms with Crippen molar-refractivity contribution in [3.05, 3.63) is 64.7 Å². The summed E-state index contributed by atoms with van der Waals surface area (Å²) in [6.45, 7) is 4.41. The van der Waals surface area contributed by atoms with Crippen molar-refractivity contribution in [1.82, 2.24) is 4.90 Å². The van der Waals surface area contributed by atoms with Crippen molar-refractivity contribution in [2.24, 2.45) is 0 Å². The Bertz CT molecular complexity index is 724. The maximum Gasteiger partial charge on any atom is 0.416 e.